The standard InChI is InChI=1S/C16H25ClN2O/c1-3-8-18-11-13-10-14(17)6-7-16(13)19-9-4-5-15(12-19)20-2/h6-7,10,15,18H,3-5,8-9,11-12H2,1-2H3. The molecule has 1 aromatic carbocycles. The Morgan fingerprint density at radius 3 is 3.05 bits per heavy atom. The largest absolute Gasteiger partial charge is 0.380 e. The Morgan fingerprint density at radius 2 is 2.30 bits per heavy atom. The average molecular weight is 297 g/mol. The van der Waals surface area contributed by atoms with Crippen molar-refractivity contribution in [1.82, 2.24) is 5.32 Å². The molecule has 0 amide bonds. The van der Waals surface area contributed by atoms with Crippen molar-refractivity contribution in [1.29, 1.82) is 0 Å². The SMILES string of the molecule is CCCNCc1cc(Cl)ccc1N1CCCC(OC)C1. The van der Waals surface area contributed by atoms with E-state index < -0.39 is 0 Å². The van der Waals surface area contributed by atoms with Crippen LogP contribution in [0, 0.1) is 0 Å². The van der Waals surface area contributed by atoms with Gasteiger partial charge in [0.25, 0.3) is 0 Å². The van der Waals surface area contributed by atoms with Gasteiger partial charge < -0.3 is 15.0 Å². The number of methoxy groups -OCH3 is 1. The van der Waals surface area contributed by atoms with E-state index in [0.29, 0.717) is 6.10 Å². The van der Waals surface area contributed by atoms with Crippen molar-refractivity contribution in [3.8, 4) is 0 Å². The molecule has 0 aromatic heterocycles. The van der Waals surface area contributed by atoms with Gasteiger partial charge >= 0.3 is 0 Å². The molecule has 0 saturated carbocycles. The van der Waals surface area contributed by atoms with Gasteiger partial charge in [-0.25, -0.2) is 0 Å². The summed E-state index contributed by atoms with van der Waals surface area (Å²) < 4.78 is 5.52. The summed E-state index contributed by atoms with van der Waals surface area (Å²) in [4.78, 5) is 2.43. The minimum Gasteiger partial charge on any atom is -0.380 e. The zero-order valence-electron chi connectivity index (χ0n) is 12.5. The molecule has 2 rings (SSSR count). The van der Waals surface area contributed by atoms with E-state index in [1.165, 1.54) is 17.7 Å². The van der Waals surface area contributed by atoms with E-state index in [-0.39, 0.29) is 0 Å². The number of rotatable bonds is 6. The van der Waals surface area contributed by atoms with Crippen molar-refractivity contribution >= 4 is 17.3 Å². The number of nitrogens with one attached hydrogen (secondary N) is 1. The summed E-state index contributed by atoms with van der Waals surface area (Å²) >= 11 is 6.15. The molecule has 1 aliphatic rings. The number of hydrogen-bond donors (Lipinski definition) is 1. The maximum atomic E-state index is 6.15. The van der Waals surface area contributed by atoms with E-state index in [1.54, 1.807) is 7.11 Å². The van der Waals surface area contributed by atoms with Crippen LogP contribution in [0.15, 0.2) is 18.2 Å². The Bertz CT molecular complexity index is 425. The molecule has 0 radical (unpaired) electrons. The van der Waals surface area contributed by atoms with Crippen LogP contribution in [0.4, 0.5) is 5.69 Å². The Kier molecular flexibility index (Phi) is 6.14. The molecular weight excluding hydrogens is 272 g/mol. The second kappa shape index (κ2) is 7.87. The van der Waals surface area contributed by atoms with Crippen molar-refractivity contribution in [2.24, 2.45) is 0 Å². The van der Waals surface area contributed by atoms with Gasteiger partial charge in [-0.15, -0.1) is 0 Å². The maximum absolute atomic E-state index is 6.15. The Balaban J connectivity index is 2.12. The van der Waals surface area contributed by atoms with E-state index in [9.17, 15) is 0 Å². The lowest BCUT2D eigenvalue weighted by Crippen LogP contribution is -2.39. The van der Waals surface area contributed by atoms with Gasteiger partial charge in [0.1, 0.15) is 0 Å². The highest BCUT2D eigenvalue weighted by Crippen LogP contribution is 2.27. The van der Waals surface area contributed by atoms with Crippen LogP contribution >= 0.6 is 11.6 Å². The van der Waals surface area contributed by atoms with Gasteiger partial charge in [-0.2, -0.15) is 0 Å². The van der Waals surface area contributed by atoms with E-state index in [4.69, 9.17) is 16.3 Å². The van der Waals surface area contributed by atoms with Gasteiger partial charge in [0.05, 0.1) is 6.10 Å². The Morgan fingerprint density at radius 1 is 1.45 bits per heavy atom. The lowest BCUT2D eigenvalue weighted by molar-refractivity contribution is 0.0893. The predicted octanol–water partition coefficient (Wildman–Crippen LogP) is 3.45. The van der Waals surface area contributed by atoms with E-state index in [1.807, 2.05) is 6.07 Å². The lowest BCUT2D eigenvalue weighted by Gasteiger charge is -2.35. The minimum atomic E-state index is 0.343. The van der Waals surface area contributed by atoms with Crippen LogP contribution in [0.2, 0.25) is 5.02 Å². The van der Waals surface area contributed by atoms with Crippen molar-refractivity contribution < 1.29 is 4.74 Å². The van der Waals surface area contributed by atoms with Crippen molar-refractivity contribution in [3.63, 3.8) is 0 Å². The summed E-state index contributed by atoms with van der Waals surface area (Å²) in [7, 11) is 1.81. The summed E-state index contributed by atoms with van der Waals surface area (Å²) in [6.07, 6.45) is 3.83. The predicted molar refractivity (Wildman–Crippen MR) is 85.7 cm³/mol. The molecule has 112 valence electrons. The van der Waals surface area contributed by atoms with Gasteiger partial charge in [0.2, 0.25) is 0 Å². The number of ether oxygens (including phenoxy) is 1. The fourth-order valence-electron chi connectivity index (χ4n) is 2.75. The highest BCUT2D eigenvalue weighted by atomic mass is 35.5. The molecule has 1 saturated heterocycles. The highest BCUT2D eigenvalue weighted by molar-refractivity contribution is 6.30. The maximum Gasteiger partial charge on any atom is 0.0746 e. The first-order valence-electron chi connectivity index (χ1n) is 7.51. The van der Waals surface area contributed by atoms with Gasteiger partial charge in [0, 0.05) is 37.5 Å². The molecule has 1 aromatic rings. The van der Waals surface area contributed by atoms with Crippen LogP contribution < -0.4 is 10.2 Å². The molecule has 1 heterocycles. The molecule has 20 heavy (non-hydrogen) atoms. The third-order valence-corrected chi connectivity index (χ3v) is 4.07. The fraction of sp³-hybridized carbons (Fsp3) is 0.625. The van der Waals surface area contributed by atoms with Crippen LogP contribution in [-0.4, -0.2) is 32.8 Å². The molecule has 3 nitrogen and oxygen atoms in total. The number of hydrogen-bond acceptors (Lipinski definition) is 3. The smallest absolute Gasteiger partial charge is 0.0746 e. The van der Waals surface area contributed by atoms with E-state index >= 15 is 0 Å². The normalized spacial score (nSPS) is 19.4. The fourth-order valence-corrected chi connectivity index (χ4v) is 2.95. The first-order valence-corrected chi connectivity index (χ1v) is 7.89. The van der Waals surface area contributed by atoms with Gasteiger partial charge in [-0.3, -0.25) is 0 Å². The minimum absolute atomic E-state index is 0.343. The second-order valence-corrected chi connectivity index (χ2v) is 5.83. The van der Waals surface area contributed by atoms with Crippen molar-refractivity contribution in [2.75, 3.05) is 31.6 Å². The van der Waals surface area contributed by atoms with Crippen molar-refractivity contribution in [2.45, 2.75) is 38.8 Å². The topological polar surface area (TPSA) is 24.5 Å². The molecule has 0 aliphatic carbocycles. The molecule has 1 atom stereocenters. The monoisotopic (exact) mass is 296 g/mol. The molecule has 0 spiro atoms. The highest BCUT2D eigenvalue weighted by Gasteiger charge is 2.21. The molecule has 1 N–H and O–H groups in total. The zero-order valence-corrected chi connectivity index (χ0v) is 13.2. The molecule has 1 fully saturated rings. The number of anilines is 1. The molecule has 1 aliphatic heterocycles. The number of nitrogens with zero attached hydrogens (tertiary/aromatic N) is 1. The van der Waals surface area contributed by atoms with E-state index in [2.05, 4.69) is 29.3 Å². The molecular formula is C16H25ClN2O. The molecule has 0 bridgehead atoms. The number of piperidine rings is 1. The summed E-state index contributed by atoms with van der Waals surface area (Å²) in [5, 5.41) is 4.27. The molecule has 4 heteroatoms. The first-order chi connectivity index (χ1) is 9.74. The Labute approximate surface area is 127 Å². The van der Waals surface area contributed by atoms with Crippen LogP contribution in [0.3, 0.4) is 0 Å². The third kappa shape index (κ3) is 4.11. The molecule has 1 unspecified atom stereocenters. The van der Waals surface area contributed by atoms with Gasteiger partial charge in [-0.05, 0) is 49.6 Å². The first kappa shape index (κ1) is 15.6. The quantitative estimate of drug-likeness (QED) is 0.814. The Hall–Kier alpha value is -0.770. The average Bonchev–Trinajstić information content (AvgIpc) is 2.48. The van der Waals surface area contributed by atoms with Gasteiger partial charge in [0.15, 0.2) is 0 Å². The van der Waals surface area contributed by atoms with Crippen LogP contribution in [0.25, 0.3) is 0 Å². The summed E-state index contributed by atoms with van der Waals surface area (Å²) in [5.41, 5.74) is 2.57. The van der Waals surface area contributed by atoms with Crippen molar-refractivity contribution in [3.05, 3.63) is 28.8 Å². The third-order valence-electron chi connectivity index (χ3n) is 3.84. The van der Waals surface area contributed by atoms with Crippen LogP contribution in [0.1, 0.15) is 31.7 Å². The number of halogens is 1. The second-order valence-electron chi connectivity index (χ2n) is 5.40. The summed E-state index contributed by atoms with van der Waals surface area (Å²) in [5.74, 6) is 0. The summed E-state index contributed by atoms with van der Waals surface area (Å²) in [6, 6.07) is 6.20. The number of benzene rings is 1. The van der Waals surface area contributed by atoms with Crippen LogP contribution in [0.5, 0.6) is 0 Å². The van der Waals surface area contributed by atoms with E-state index in [0.717, 1.165) is 44.0 Å². The van der Waals surface area contributed by atoms with Gasteiger partial charge in [-0.1, -0.05) is 18.5 Å². The summed E-state index contributed by atoms with van der Waals surface area (Å²) in [6.45, 7) is 6.16. The zero-order chi connectivity index (χ0) is 14.4. The van der Waals surface area contributed by atoms with Crippen LogP contribution in [-0.2, 0) is 11.3 Å². The lowest BCUT2D eigenvalue weighted by atomic mass is 10.0.